The standard InChI is InChI=1S/C25H22ClNO5S/c1-3-31-25(28)24-17(2)22-15-20(11-14-23(22)32-24)27(16-18-7-5-4-6-8-18)33(29,30)21-12-9-19(26)10-13-21/h4-15H,3,16H2,1-2H3. The Balaban J connectivity index is 1.83. The van der Waals surface area contributed by atoms with E-state index in [2.05, 4.69) is 0 Å². The van der Waals surface area contributed by atoms with Crippen molar-refractivity contribution in [2.75, 3.05) is 10.9 Å². The lowest BCUT2D eigenvalue weighted by Gasteiger charge is -2.25. The van der Waals surface area contributed by atoms with Gasteiger partial charge in [-0.3, -0.25) is 4.31 Å². The molecule has 0 radical (unpaired) electrons. The molecule has 0 unspecified atom stereocenters. The fourth-order valence-corrected chi connectivity index (χ4v) is 5.12. The Hall–Kier alpha value is -3.29. The molecule has 3 aromatic carbocycles. The van der Waals surface area contributed by atoms with E-state index in [1.165, 1.54) is 16.4 Å². The smallest absolute Gasteiger partial charge is 0.374 e. The summed E-state index contributed by atoms with van der Waals surface area (Å²) in [4.78, 5) is 12.4. The van der Waals surface area contributed by atoms with Crippen LogP contribution in [0.25, 0.3) is 11.0 Å². The molecule has 1 aromatic heterocycles. The Morgan fingerprint density at radius 1 is 1.03 bits per heavy atom. The van der Waals surface area contributed by atoms with Crippen LogP contribution in [0.4, 0.5) is 5.69 Å². The maximum absolute atomic E-state index is 13.7. The molecule has 0 amide bonds. The minimum absolute atomic E-state index is 0.110. The average molecular weight is 484 g/mol. The Labute approximate surface area is 197 Å². The van der Waals surface area contributed by atoms with E-state index < -0.39 is 16.0 Å². The van der Waals surface area contributed by atoms with Crippen LogP contribution in [0.2, 0.25) is 5.02 Å². The molecule has 0 saturated heterocycles. The minimum atomic E-state index is -3.92. The maximum Gasteiger partial charge on any atom is 0.374 e. The Morgan fingerprint density at radius 2 is 1.73 bits per heavy atom. The van der Waals surface area contributed by atoms with Gasteiger partial charge in [-0.1, -0.05) is 41.9 Å². The molecule has 0 bridgehead atoms. The summed E-state index contributed by atoms with van der Waals surface area (Å²) in [6.45, 7) is 3.82. The van der Waals surface area contributed by atoms with E-state index in [0.29, 0.717) is 27.2 Å². The van der Waals surface area contributed by atoms with Gasteiger partial charge in [-0.25, -0.2) is 13.2 Å². The molecule has 0 fully saturated rings. The number of furan rings is 1. The Kier molecular flexibility index (Phi) is 6.44. The van der Waals surface area contributed by atoms with Gasteiger partial charge < -0.3 is 9.15 Å². The second-order valence-electron chi connectivity index (χ2n) is 7.41. The van der Waals surface area contributed by atoms with Gasteiger partial charge in [0, 0.05) is 16.0 Å². The van der Waals surface area contributed by atoms with Crippen LogP contribution in [0.1, 0.15) is 28.6 Å². The third-order valence-corrected chi connectivity index (χ3v) is 7.28. The number of hydrogen-bond acceptors (Lipinski definition) is 5. The van der Waals surface area contributed by atoms with Crippen LogP contribution in [-0.2, 0) is 21.3 Å². The number of anilines is 1. The summed E-state index contributed by atoms with van der Waals surface area (Å²) in [5, 5.41) is 1.09. The molecule has 6 nitrogen and oxygen atoms in total. The summed E-state index contributed by atoms with van der Waals surface area (Å²) in [7, 11) is -3.92. The van der Waals surface area contributed by atoms with Crippen molar-refractivity contribution in [3.8, 4) is 0 Å². The predicted octanol–water partition coefficient (Wildman–Crippen LogP) is 5.97. The normalized spacial score (nSPS) is 11.5. The molecule has 8 heteroatoms. The fraction of sp³-hybridized carbons (Fsp3) is 0.160. The van der Waals surface area contributed by atoms with Crippen molar-refractivity contribution in [2.24, 2.45) is 0 Å². The number of benzene rings is 3. The van der Waals surface area contributed by atoms with E-state index in [1.54, 1.807) is 44.2 Å². The van der Waals surface area contributed by atoms with Gasteiger partial charge in [-0.15, -0.1) is 0 Å². The molecule has 0 saturated carbocycles. The quantitative estimate of drug-likeness (QED) is 0.303. The molecule has 0 aliphatic heterocycles. The molecule has 0 atom stereocenters. The monoisotopic (exact) mass is 483 g/mol. The van der Waals surface area contributed by atoms with E-state index in [9.17, 15) is 13.2 Å². The first-order valence-electron chi connectivity index (χ1n) is 10.3. The minimum Gasteiger partial charge on any atom is -0.460 e. The van der Waals surface area contributed by atoms with Gasteiger partial charge in [-0.05, 0) is 61.9 Å². The third kappa shape index (κ3) is 4.60. The molecule has 0 N–H and O–H groups in total. The summed E-state index contributed by atoms with van der Waals surface area (Å²) >= 11 is 5.96. The number of nitrogens with zero attached hydrogens (tertiary/aromatic N) is 1. The number of ether oxygens (including phenoxy) is 1. The predicted molar refractivity (Wildman–Crippen MR) is 128 cm³/mol. The number of aryl methyl sites for hydroxylation is 1. The van der Waals surface area contributed by atoms with Crippen LogP contribution in [0.15, 0.2) is 82.1 Å². The van der Waals surface area contributed by atoms with Gasteiger partial charge in [0.25, 0.3) is 10.0 Å². The van der Waals surface area contributed by atoms with Crippen molar-refractivity contribution in [3.63, 3.8) is 0 Å². The number of hydrogen-bond donors (Lipinski definition) is 0. The van der Waals surface area contributed by atoms with Crippen molar-refractivity contribution in [2.45, 2.75) is 25.3 Å². The molecule has 0 aliphatic carbocycles. The Bertz CT molecular complexity index is 1400. The fourth-order valence-electron chi connectivity index (χ4n) is 3.55. The highest BCUT2D eigenvalue weighted by molar-refractivity contribution is 7.92. The highest BCUT2D eigenvalue weighted by Gasteiger charge is 2.27. The molecule has 4 aromatic rings. The van der Waals surface area contributed by atoms with Gasteiger partial charge in [0.15, 0.2) is 0 Å². The number of halogens is 1. The van der Waals surface area contributed by atoms with Gasteiger partial charge in [-0.2, -0.15) is 0 Å². The molecule has 0 spiro atoms. The molecule has 170 valence electrons. The van der Waals surface area contributed by atoms with Crippen LogP contribution in [-0.4, -0.2) is 21.0 Å². The molecule has 1 heterocycles. The highest BCUT2D eigenvalue weighted by atomic mass is 35.5. The van der Waals surface area contributed by atoms with Crippen LogP contribution >= 0.6 is 11.6 Å². The first-order chi connectivity index (χ1) is 15.8. The van der Waals surface area contributed by atoms with E-state index in [1.807, 2.05) is 30.3 Å². The van der Waals surface area contributed by atoms with E-state index in [4.69, 9.17) is 20.8 Å². The van der Waals surface area contributed by atoms with Crippen LogP contribution in [0, 0.1) is 6.92 Å². The highest BCUT2D eigenvalue weighted by Crippen LogP contribution is 2.33. The van der Waals surface area contributed by atoms with Crippen LogP contribution < -0.4 is 4.31 Å². The number of fused-ring (bicyclic) bond motifs is 1. The summed E-state index contributed by atoms with van der Waals surface area (Å²) in [6, 6.07) is 20.4. The van der Waals surface area contributed by atoms with E-state index in [-0.39, 0.29) is 23.8 Å². The second-order valence-corrected chi connectivity index (χ2v) is 9.71. The van der Waals surface area contributed by atoms with Gasteiger partial charge in [0.2, 0.25) is 5.76 Å². The van der Waals surface area contributed by atoms with Gasteiger partial charge in [0.05, 0.1) is 23.7 Å². The van der Waals surface area contributed by atoms with Crippen LogP contribution in [0.3, 0.4) is 0 Å². The lowest BCUT2D eigenvalue weighted by Crippen LogP contribution is -2.30. The maximum atomic E-state index is 13.7. The lowest BCUT2D eigenvalue weighted by atomic mass is 10.1. The zero-order chi connectivity index (χ0) is 23.6. The van der Waals surface area contributed by atoms with Crippen molar-refractivity contribution < 1.29 is 22.4 Å². The van der Waals surface area contributed by atoms with Crippen molar-refractivity contribution in [1.29, 1.82) is 0 Å². The van der Waals surface area contributed by atoms with Gasteiger partial charge >= 0.3 is 5.97 Å². The topological polar surface area (TPSA) is 76.8 Å². The number of carbonyl (C=O) groups is 1. The third-order valence-electron chi connectivity index (χ3n) is 5.24. The molecular weight excluding hydrogens is 462 g/mol. The number of carbonyl (C=O) groups excluding carboxylic acids is 1. The molecule has 33 heavy (non-hydrogen) atoms. The van der Waals surface area contributed by atoms with Crippen molar-refractivity contribution in [1.82, 2.24) is 0 Å². The summed E-state index contributed by atoms with van der Waals surface area (Å²) in [5.41, 5.74) is 2.34. The average Bonchev–Trinajstić information content (AvgIpc) is 3.14. The Morgan fingerprint density at radius 3 is 2.39 bits per heavy atom. The van der Waals surface area contributed by atoms with Crippen molar-refractivity contribution >= 4 is 44.3 Å². The van der Waals surface area contributed by atoms with Crippen molar-refractivity contribution in [3.05, 3.63) is 94.7 Å². The molecule has 0 aliphatic rings. The summed E-state index contributed by atoms with van der Waals surface area (Å²) in [5.74, 6) is -0.443. The zero-order valence-electron chi connectivity index (χ0n) is 18.1. The first-order valence-corrected chi connectivity index (χ1v) is 12.2. The number of esters is 1. The lowest BCUT2D eigenvalue weighted by molar-refractivity contribution is 0.0491. The first kappa shape index (κ1) is 22.9. The molecular formula is C25H22ClNO5S. The second kappa shape index (κ2) is 9.29. The van der Waals surface area contributed by atoms with Gasteiger partial charge in [0.1, 0.15) is 5.58 Å². The largest absolute Gasteiger partial charge is 0.460 e. The molecule has 4 rings (SSSR count). The number of rotatable bonds is 7. The SMILES string of the molecule is CCOC(=O)c1oc2ccc(N(Cc3ccccc3)S(=O)(=O)c3ccc(Cl)cc3)cc2c1C. The summed E-state index contributed by atoms with van der Waals surface area (Å²) < 4.78 is 39.4. The van der Waals surface area contributed by atoms with Crippen LogP contribution in [0.5, 0.6) is 0 Å². The summed E-state index contributed by atoms with van der Waals surface area (Å²) in [6.07, 6.45) is 0. The van der Waals surface area contributed by atoms with E-state index >= 15 is 0 Å². The van der Waals surface area contributed by atoms with E-state index in [0.717, 1.165) is 5.56 Å². The zero-order valence-corrected chi connectivity index (χ0v) is 19.7. The number of sulfonamides is 1.